The minimum atomic E-state index is -2.52. The van der Waals surface area contributed by atoms with E-state index in [1.165, 1.54) is 11.0 Å². The van der Waals surface area contributed by atoms with Gasteiger partial charge in [0.1, 0.15) is 11.4 Å². The second-order valence-corrected chi connectivity index (χ2v) is 18.1. The Labute approximate surface area is 250 Å². The molecule has 0 saturated carbocycles. The summed E-state index contributed by atoms with van der Waals surface area (Å²) in [5.41, 5.74) is 6.25. The fourth-order valence-electron chi connectivity index (χ4n) is 4.74. The lowest BCUT2D eigenvalue weighted by atomic mass is 9.70. The maximum absolute atomic E-state index is 12.7. The molecule has 0 bridgehead atoms. The Kier molecular flexibility index (Phi) is 9.55. The predicted octanol–water partition coefficient (Wildman–Crippen LogP) is 6.89. The number of carboxylic acid groups (broad SMARTS) is 1. The van der Waals surface area contributed by atoms with E-state index in [1.807, 2.05) is 32.9 Å². The number of carbonyl (C=O) groups is 1. The third kappa shape index (κ3) is 7.17. The minimum absolute atomic E-state index is 0.0583. The van der Waals surface area contributed by atoms with E-state index in [0.29, 0.717) is 29.4 Å². The lowest BCUT2D eigenvalue weighted by molar-refractivity contribution is -0.0694. The van der Waals surface area contributed by atoms with Crippen LogP contribution in [0.3, 0.4) is 0 Å². The molecule has 2 aromatic carbocycles. The molecule has 1 heterocycles. The quantitative estimate of drug-likeness (QED) is 0.0977. The van der Waals surface area contributed by atoms with E-state index in [4.69, 9.17) is 10.2 Å². The van der Waals surface area contributed by atoms with Gasteiger partial charge in [0.05, 0.1) is 12.1 Å². The van der Waals surface area contributed by atoms with Crippen molar-refractivity contribution >= 4 is 31.0 Å². The van der Waals surface area contributed by atoms with Crippen LogP contribution < -0.4 is 11.3 Å². The largest absolute Gasteiger partial charge is 0.506 e. The van der Waals surface area contributed by atoms with Crippen molar-refractivity contribution < 1.29 is 19.4 Å². The Balaban J connectivity index is 2.10. The maximum Gasteiger partial charge on any atom is 0.407 e. The molecule has 0 aliphatic heterocycles. The maximum atomic E-state index is 12.7. The summed E-state index contributed by atoms with van der Waals surface area (Å²) in [4.78, 5) is 29.1. The molecule has 1 aromatic heterocycles. The van der Waals surface area contributed by atoms with Crippen LogP contribution in [0, 0.1) is 17.3 Å². The van der Waals surface area contributed by atoms with Gasteiger partial charge in [-0.1, -0.05) is 59.4 Å². The van der Waals surface area contributed by atoms with Crippen LogP contribution in [0.4, 0.5) is 10.5 Å². The highest BCUT2D eigenvalue weighted by atomic mass is 28.4. The van der Waals surface area contributed by atoms with Gasteiger partial charge in [-0.05, 0) is 71.9 Å². The standard InChI is InChI=1S/C33H45N3O5Si/c1-31(2,3)33(41-42(7,8)32(4,5)6,26-18-19-27(37)29-25(26)17-20-28(38)35-29)22-36(30(39)40)21-11-9-10-12-23-13-15-24(34)16-14-23/h13-20,37H,9,11,21-22,34H2,1-8H3,(H,35,38)(H,39,40)/t33-/m0/s1. The topological polar surface area (TPSA) is 129 Å². The van der Waals surface area contributed by atoms with Crippen LogP contribution >= 0.6 is 0 Å². The van der Waals surface area contributed by atoms with Gasteiger partial charge in [0.15, 0.2) is 8.32 Å². The Bertz CT molecular complexity index is 1540. The van der Waals surface area contributed by atoms with Crippen molar-refractivity contribution in [2.75, 3.05) is 18.8 Å². The number of nitrogen functional groups attached to an aromatic ring is 1. The number of rotatable bonds is 8. The number of aromatic amines is 1. The van der Waals surface area contributed by atoms with Gasteiger partial charge >= 0.3 is 6.09 Å². The van der Waals surface area contributed by atoms with Crippen LogP contribution in [0.2, 0.25) is 18.1 Å². The number of hydrogen-bond acceptors (Lipinski definition) is 5. The monoisotopic (exact) mass is 591 g/mol. The molecule has 226 valence electrons. The SMILES string of the molecule is CC(C)(C)[C@@](CN(CCCC#Cc1ccc(N)cc1)C(=O)O)(O[Si](C)(C)C(C)(C)C)c1ccc(O)c2[nH]c(=O)ccc12. The molecule has 1 amide bonds. The number of phenols is 1. The summed E-state index contributed by atoms with van der Waals surface area (Å²) in [7, 11) is -2.52. The highest BCUT2D eigenvalue weighted by Crippen LogP contribution is 2.51. The zero-order chi connectivity index (χ0) is 31.5. The summed E-state index contributed by atoms with van der Waals surface area (Å²) in [5, 5.41) is 21.5. The molecule has 0 saturated heterocycles. The minimum Gasteiger partial charge on any atom is -0.506 e. The van der Waals surface area contributed by atoms with Crippen molar-refractivity contribution in [1.29, 1.82) is 0 Å². The van der Waals surface area contributed by atoms with Crippen molar-refractivity contribution in [3.8, 4) is 17.6 Å². The van der Waals surface area contributed by atoms with Crippen molar-refractivity contribution in [2.24, 2.45) is 5.41 Å². The van der Waals surface area contributed by atoms with Crippen LogP contribution in [-0.4, -0.2) is 47.6 Å². The Morgan fingerprint density at radius 3 is 2.24 bits per heavy atom. The van der Waals surface area contributed by atoms with Gasteiger partial charge in [-0.15, -0.1) is 0 Å². The van der Waals surface area contributed by atoms with Crippen LogP contribution in [0.15, 0.2) is 53.3 Å². The average molecular weight is 592 g/mol. The number of nitrogens with zero attached hydrogens (tertiary/aromatic N) is 1. The fourth-order valence-corrected chi connectivity index (χ4v) is 6.40. The van der Waals surface area contributed by atoms with E-state index in [2.05, 4.69) is 50.7 Å². The normalized spacial score (nSPS) is 13.7. The lowest BCUT2D eigenvalue weighted by Gasteiger charge is -2.53. The van der Waals surface area contributed by atoms with Gasteiger partial charge in [-0.25, -0.2) is 4.79 Å². The van der Waals surface area contributed by atoms with E-state index in [1.54, 1.807) is 30.3 Å². The van der Waals surface area contributed by atoms with Crippen molar-refractivity contribution in [2.45, 2.75) is 78.1 Å². The average Bonchev–Trinajstić information content (AvgIpc) is 2.87. The highest BCUT2D eigenvalue weighted by molar-refractivity contribution is 6.74. The molecule has 0 fully saturated rings. The van der Waals surface area contributed by atoms with E-state index in [9.17, 15) is 19.8 Å². The number of H-pyrrole nitrogens is 1. The molecule has 0 aliphatic rings. The second-order valence-electron chi connectivity index (χ2n) is 13.4. The van der Waals surface area contributed by atoms with E-state index < -0.39 is 25.4 Å². The van der Waals surface area contributed by atoms with Gasteiger partial charge in [-0.2, -0.15) is 0 Å². The molecular formula is C33H45N3O5Si. The van der Waals surface area contributed by atoms with Gasteiger partial charge < -0.3 is 30.3 Å². The number of anilines is 1. The molecule has 0 unspecified atom stereocenters. The molecule has 42 heavy (non-hydrogen) atoms. The van der Waals surface area contributed by atoms with E-state index >= 15 is 0 Å². The first-order chi connectivity index (χ1) is 19.4. The second kappa shape index (κ2) is 12.2. The Morgan fingerprint density at radius 2 is 1.67 bits per heavy atom. The van der Waals surface area contributed by atoms with Crippen LogP contribution in [-0.2, 0) is 10.0 Å². The summed E-state index contributed by atoms with van der Waals surface area (Å²) in [6.07, 6.45) is 0.00640. The molecule has 9 heteroatoms. The molecule has 0 radical (unpaired) electrons. The number of fused-ring (bicyclic) bond motifs is 1. The molecular weight excluding hydrogens is 546 g/mol. The number of unbranched alkanes of at least 4 members (excludes halogenated alkanes) is 1. The van der Waals surface area contributed by atoms with Crippen molar-refractivity contribution in [3.63, 3.8) is 0 Å². The first-order valence-corrected chi connectivity index (χ1v) is 17.2. The van der Waals surface area contributed by atoms with E-state index in [0.717, 1.165) is 11.1 Å². The Hall–Kier alpha value is -3.74. The molecule has 3 rings (SSSR count). The third-order valence-corrected chi connectivity index (χ3v) is 12.8. The first kappa shape index (κ1) is 32.8. The van der Waals surface area contributed by atoms with Gasteiger partial charge in [0.25, 0.3) is 0 Å². The molecule has 3 aromatic rings. The predicted molar refractivity (Wildman–Crippen MR) is 172 cm³/mol. The zero-order valence-electron chi connectivity index (χ0n) is 26.1. The van der Waals surface area contributed by atoms with Crippen LogP contribution in [0.25, 0.3) is 10.9 Å². The van der Waals surface area contributed by atoms with Crippen LogP contribution in [0.1, 0.15) is 65.5 Å². The number of benzene rings is 2. The van der Waals surface area contributed by atoms with Crippen LogP contribution in [0.5, 0.6) is 5.75 Å². The molecule has 0 aliphatic carbocycles. The molecule has 1 atom stereocenters. The number of nitrogens with one attached hydrogen (secondary N) is 1. The third-order valence-electron chi connectivity index (χ3n) is 8.31. The van der Waals surface area contributed by atoms with Crippen molar-refractivity contribution in [3.05, 3.63) is 70.0 Å². The number of amides is 1. The molecule has 8 nitrogen and oxygen atoms in total. The van der Waals surface area contributed by atoms with Crippen molar-refractivity contribution in [1.82, 2.24) is 9.88 Å². The first-order valence-electron chi connectivity index (χ1n) is 14.3. The number of nitrogens with two attached hydrogens (primary N) is 1. The number of phenolic OH excluding ortho intramolecular Hbond substituents is 1. The van der Waals surface area contributed by atoms with E-state index in [-0.39, 0.29) is 29.4 Å². The van der Waals surface area contributed by atoms with Gasteiger partial charge in [0.2, 0.25) is 5.56 Å². The molecule has 5 N–H and O–H groups in total. The fraction of sp³-hybridized carbons (Fsp3) is 0.455. The number of pyridine rings is 1. The summed E-state index contributed by atoms with van der Waals surface area (Å²) in [6.45, 7) is 17.2. The summed E-state index contributed by atoms with van der Waals surface area (Å²) >= 11 is 0. The van der Waals surface area contributed by atoms with Gasteiger partial charge in [0, 0.05) is 35.7 Å². The van der Waals surface area contributed by atoms with Gasteiger partial charge in [-0.3, -0.25) is 4.79 Å². The zero-order valence-corrected chi connectivity index (χ0v) is 27.1. The number of aromatic hydroxyl groups is 1. The summed E-state index contributed by atoms with van der Waals surface area (Å²) in [6, 6.07) is 13.7. The summed E-state index contributed by atoms with van der Waals surface area (Å²) in [5.74, 6) is 6.19. The number of aromatic nitrogens is 1. The lowest BCUT2D eigenvalue weighted by Crippen LogP contribution is -2.59. The highest BCUT2D eigenvalue weighted by Gasteiger charge is 2.53. The smallest absolute Gasteiger partial charge is 0.407 e. The molecule has 0 spiro atoms. The summed E-state index contributed by atoms with van der Waals surface area (Å²) < 4.78 is 7.32. The number of hydrogen-bond donors (Lipinski definition) is 4. The Morgan fingerprint density at radius 1 is 1.02 bits per heavy atom.